The van der Waals surface area contributed by atoms with Gasteiger partial charge in [0, 0.05) is 38.5 Å². The van der Waals surface area contributed by atoms with E-state index in [2.05, 4.69) is 0 Å². The fourth-order valence-corrected chi connectivity index (χ4v) is 3.39. The topological polar surface area (TPSA) is 107 Å². The summed E-state index contributed by atoms with van der Waals surface area (Å²) in [4.78, 5) is 62.8. The van der Waals surface area contributed by atoms with Crippen molar-refractivity contribution in [3.63, 3.8) is 0 Å². The summed E-state index contributed by atoms with van der Waals surface area (Å²) < 4.78 is 5.27. The zero-order valence-corrected chi connectivity index (χ0v) is 19.9. The maximum Gasteiger partial charge on any atom is 0.333 e. The molecule has 1 fully saturated rings. The number of esters is 1. The Bertz CT molecular complexity index is 635. The average molecular weight is 454 g/mol. The van der Waals surface area contributed by atoms with Gasteiger partial charge in [-0.2, -0.15) is 0 Å². The lowest BCUT2D eigenvalue weighted by Crippen LogP contribution is -2.31. The van der Waals surface area contributed by atoms with Crippen molar-refractivity contribution in [1.29, 1.82) is 0 Å². The van der Waals surface area contributed by atoms with Crippen molar-refractivity contribution in [3.8, 4) is 0 Å². The minimum absolute atomic E-state index is 0.0915. The first-order valence-corrected chi connectivity index (χ1v) is 11.9. The third kappa shape index (κ3) is 13.2. The fraction of sp³-hybridized carbons (Fsp3) is 0.792. The van der Waals surface area contributed by atoms with E-state index >= 15 is 0 Å². The van der Waals surface area contributed by atoms with Crippen molar-refractivity contribution in [1.82, 2.24) is 5.06 Å². The summed E-state index contributed by atoms with van der Waals surface area (Å²) in [6.45, 7) is 5.59. The van der Waals surface area contributed by atoms with Gasteiger partial charge in [-0.15, -0.1) is 5.06 Å². The number of imide groups is 1. The highest BCUT2D eigenvalue weighted by molar-refractivity contribution is 6.01. The van der Waals surface area contributed by atoms with Crippen molar-refractivity contribution in [2.24, 2.45) is 0 Å². The van der Waals surface area contributed by atoms with Crippen molar-refractivity contribution < 1.29 is 33.5 Å². The number of unbranched alkanes of at least 4 members (excludes halogenated alkanes) is 7. The molecule has 0 aliphatic carbocycles. The maximum atomic E-state index is 11.9. The van der Waals surface area contributed by atoms with Crippen LogP contribution in [0.1, 0.15) is 117 Å². The molecular formula is C24H39NO7. The Hall–Kier alpha value is -2.25. The number of nitrogens with zero attached hydrogens (tertiary/aromatic N) is 1. The second-order valence-corrected chi connectivity index (χ2v) is 9.35. The highest BCUT2D eigenvalue weighted by atomic mass is 16.7. The van der Waals surface area contributed by atoms with Gasteiger partial charge in [-0.1, -0.05) is 32.1 Å². The standard InChI is InChI=1S/C24H39NO7/c1-24(2,3)31-22(29)15-11-6-4-5-9-13-19(26)14-10-7-8-12-16-23(30)32-25-20(27)17-18-21(25)28/h4-18H2,1-3H3. The molecule has 0 bridgehead atoms. The van der Waals surface area contributed by atoms with Gasteiger partial charge in [-0.3, -0.25) is 19.2 Å². The lowest BCUT2D eigenvalue weighted by atomic mass is 10.0. The highest BCUT2D eigenvalue weighted by Gasteiger charge is 2.32. The van der Waals surface area contributed by atoms with Crippen LogP contribution in [0.4, 0.5) is 0 Å². The van der Waals surface area contributed by atoms with E-state index in [1.165, 1.54) is 0 Å². The molecule has 1 rings (SSSR count). The average Bonchev–Trinajstić information content (AvgIpc) is 3.00. The van der Waals surface area contributed by atoms with Crippen LogP contribution in [0.5, 0.6) is 0 Å². The Morgan fingerprint density at radius 1 is 0.688 bits per heavy atom. The Morgan fingerprint density at radius 3 is 1.56 bits per heavy atom. The number of hydrogen-bond acceptors (Lipinski definition) is 7. The first-order valence-electron chi connectivity index (χ1n) is 11.9. The molecule has 8 nitrogen and oxygen atoms in total. The lowest BCUT2D eigenvalue weighted by molar-refractivity contribution is -0.197. The minimum Gasteiger partial charge on any atom is -0.460 e. The second-order valence-electron chi connectivity index (χ2n) is 9.35. The van der Waals surface area contributed by atoms with Crippen LogP contribution in [0.25, 0.3) is 0 Å². The van der Waals surface area contributed by atoms with Crippen LogP contribution in [-0.4, -0.2) is 40.2 Å². The van der Waals surface area contributed by atoms with Crippen LogP contribution in [0.3, 0.4) is 0 Å². The molecule has 1 aliphatic heterocycles. The SMILES string of the molecule is CC(C)(C)OC(=O)CCCCCCCC(=O)CCCCCCC(=O)ON1C(=O)CCC1=O. The van der Waals surface area contributed by atoms with Crippen molar-refractivity contribution >= 4 is 29.5 Å². The van der Waals surface area contributed by atoms with Gasteiger partial charge in [0.1, 0.15) is 11.4 Å². The largest absolute Gasteiger partial charge is 0.460 e. The first kappa shape index (κ1) is 27.8. The molecule has 0 aromatic carbocycles. The molecule has 1 heterocycles. The van der Waals surface area contributed by atoms with Gasteiger partial charge < -0.3 is 9.57 Å². The number of carbonyl (C=O) groups excluding carboxylic acids is 5. The Morgan fingerprint density at radius 2 is 1.09 bits per heavy atom. The van der Waals surface area contributed by atoms with Gasteiger partial charge in [0.15, 0.2) is 0 Å². The second kappa shape index (κ2) is 14.7. The number of ketones is 1. The van der Waals surface area contributed by atoms with Gasteiger partial charge in [-0.05, 0) is 46.5 Å². The molecule has 0 aromatic heterocycles. The molecular weight excluding hydrogens is 414 g/mol. The molecule has 0 atom stereocenters. The van der Waals surface area contributed by atoms with Crippen LogP contribution < -0.4 is 0 Å². The van der Waals surface area contributed by atoms with Gasteiger partial charge in [0.05, 0.1) is 0 Å². The highest BCUT2D eigenvalue weighted by Crippen LogP contribution is 2.15. The minimum atomic E-state index is -0.573. The van der Waals surface area contributed by atoms with Crippen molar-refractivity contribution in [3.05, 3.63) is 0 Å². The number of rotatable bonds is 16. The number of hydroxylamine groups is 2. The van der Waals surface area contributed by atoms with E-state index in [4.69, 9.17) is 9.57 Å². The van der Waals surface area contributed by atoms with Crippen LogP contribution in [0.2, 0.25) is 0 Å². The zero-order valence-electron chi connectivity index (χ0n) is 19.9. The maximum absolute atomic E-state index is 11.9. The summed E-state index contributed by atoms with van der Waals surface area (Å²) in [7, 11) is 0. The molecule has 0 spiro atoms. The van der Waals surface area contributed by atoms with Crippen LogP contribution in [0.15, 0.2) is 0 Å². The zero-order chi connectivity index (χ0) is 24.0. The van der Waals surface area contributed by atoms with Crippen molar-refractivity contribution in [2.75, 3.05) is 0 Å². The van der Waals surface area contributed by atoms with Crippen LogP contribution >= 0.6 is 0 Å². The molecule has 2 amide bonds. The van der Waals surface area contributed by atoms with E-state index in [1.807, 2.05) is 20.8 Å². The fourth-order valence-electron chi connectivity index (χ4n) is 3.39. The first-order chi connectivity index (χ1) is 15.1. The van der Waals surface area contributed by atoms with Gasteiger partial charge in [-0.25, -0.2) is 4.79 Å². The van der Waals surface area contributed by atoms with Crippen molar-refractivity contribution in [2.45, 2.75) is 123 Å². The molecule has 0 unspecified atom stereocenters. The summed E-state index contributed by atoms with van der Waals surface area (Å²) in [6.07, 6.45) is 9.65. The van der Waals surface area contributed by atoms with Gasteiger partial charge in [0.2, 0.25) is 0 Å². The molecule has 182 valence electrons. The Balaban J connectivity index is 1.91. The third-order valence-electron chi connectivity index (χ3n) is 5.04. The van der Waals surface area contributed by atoms with E-state index in [-0.39, 0.29) is 31.0 Å². The predicted molar refractivity (Wildman–Crippen MR) is 118 cm³/mol. The number of hydrogen-bond donors (Lipinski definition) is 0. The number of carbonyl (C=O) groups is 5. The van der Waals surface area contributed by atoms with E-state index in [1.54, 1.807) is 0 Å². The molecule has 1 aliphatic rings. The molecule has 0 aromatic rings. The van der Waals surface area contributed by atoms with E-state index in [0.29, 0.717) is 30.7 Å². The van der Waals surface area contributed by atoms with Gasteiger partial charge in [0.25, 0.3) is 11.8 Å². The molecule has 0 radical (unpaired) electrons. The quantitative estimate of drug-likeness (QED) is 0.191. The van der Waals surface area contributed by atoms with E-state index in [9.17, 15) is 24.0 Å². The number of amides is 2. The molecule has 0 saturated carbocycles. The molecule has 8 heteroatoms. The molecule has 1 saturated heterocycles. The summed E-state index contributed by atoms with van der Waals surface area (Å²) in [6, 6.07) is 0. The Labute approximate surface area is 191 Å². The Kier molecular flexibility index (Phi) is 12.8. The normalized spacial score (nSPS) is 14.0. The number of Topliss-reactive ketones (excluding diaryl/α,β-unsaturated/α-hetero) is 1. The molecule has 32 heavy (non-hydrogen) atoms. The van der Waals surface area contributed by atoms with Crippen LogP contribution in [-0.2, 0) is 33.5 Å². The number of ether oxygens (including phenoxy) is 1. The summed E-state index contributed by atoms with van der Waals surface area (Å²) in [5, 5.41) is 0.571. The van der Waals surface area contributed by atoms with Crippen LogP contribution in [0, 0.1) is 0 Å². The van der Waals surface area contributed by atoms with E-state index < -0.39 is 23.4 Å². The molecule has 0 N–H and O–H groups in total. The summed E-state index contributed by atoms with van der Waals surface area (Å²) in [5.74, 6) is -1.40. The van der Waals surface area contributed by atoms with Gasteiger partial charge >= 0.3 is 11.9 Å². The lowest BCUT2D eigenvalue weighted by Gasteiger charge is -2.19. The predicted octanol–water partition coefficient (Wildman–Crippen LogP) is 4.58. The van der Waals surface area contributed by atoms with E-state index in [0.717, 1.165) is 51.4 Å². The monoisotopic (exact) mass is 453 g/mol. The summed E-state index contributed by atoms with van der Waals surface area (Å²) >= 11 is 0. The smallest absolute Gasteiger partial charge is 0.333 e. The third-order valence-corrected chi connectivity index (χ3v) is 5.04. The summed E-state index contributed by atoms with van der Waals surface area (Å²) in [5.41, 5.74) is -0.431.